The van der Waals surface area contributed by atoms with Crippen LogP contribution in [0.25, 0.3) is 27.8 Å². The summed E-state index contributed by atoms with van der Waals surface area (Å²) in [4.78, 5) is 5.84. The van der Waals surface area contributed by atoms with Gasteiger partial charge in [-0.3, -0.25) is 4.90 Å². The van der Waals surface area contributed by atoms with E-state index in [-0.39, 0.29) is 11.4 Å². The number of aryl methyl sites for hydroxylation is 3. The lowest BCUT2D eigenvalue weighted by Crippen LogP contribution is -2.36. The first-order valence-electron chi connectivity index (χ1n) is 13.7. The van der Waals surface area contributed by atoms with Gasteiger partial charge in [0.1, 0.15) is 5.82 Å². The van der Waals surface area contributed by atoms with Crippen molar-refractivity contribution in [1.82, 2.24) is 19.7 Å². The number of fused-ring (bicyclic) bond motifs is 2. The van der Waals surface area contributed by atoms with Gasteiger partial charge in [0.05, 0.1) is 22.6 Å². The van der Waals surface area contributed by atoms with Crippen LogP contribution in [0.15, 0.2) is 60.8 Å². The molecule has 0 unspecified atom stereocenters. The van der Waals surface area contributed by atoms with Gasteiger partial charge in [-0.2, -0.15) is 5.10 Å². The Balaban J connectivity index is 1.59. The predicted molar refractivity (Wildman–Crippen MR) is 158 cm³/mol. The molecule has 0 saturated heterocycles. The van der Waals surface area contributed by atoms with Gasteiger partial charge >= 0.3 is 0 Å². The number of H-pyrrole nitrogens is 1. The van der Waals surface area contributed by atoms with Crippen molar-refractivity contribution in [2.75, 3.05) is 0 Å². The maximum absolute atomic E-state index is 13.8. The molecule has 1 N–H and O–H groups in total. The van der Waals surface area contributed by atoms with Crippen molar-refractivity contribution >= 4 is 22.5 Å². The van der Waals surface area contributed by atoms with Crippen molar-refractivity contribution in [3.63, 3.8) is 0 Å². The number of hydrogen-bond acceptors (Lipinski definition) is 2. The van der Waals surface area contributed by atoms with Crippen molar-refractivity contribution in [2.45, 2.75) is 66.1 Å². The second kappa shape index (κ2) is 9.65. The number of nitrogens with zero attached hydrogens (tertiary/aromatic N) is 3. The Morgan fingerprint density at radius 3 is 2.44 bits per heavy atom. The van der Waals surface area contributed by atoms with Crippen LogP contribution >= 0.6 is 11.6 Å². The average Bonchev–Trinajstić information content (AvgIpc) is 3.61. The van der Waals surface area contributed by atoms with Crippen molar-refractivity contribution in [3.05, 3.63) is 105 Å². The summed E-state index contributed by atoms with van der Waals surface area (Å²) in [6, 6.07) is 17.9. The number of halogens is 2. The van der Waals surface area contributed by atoms with E-state index in [1.165, 1.54) is 51.0 Å². The second-order valence-corrected chi connectivity index (χ2v) is 11.5. The molecule has 2 aromatic heterocycles. The first-order chi connectivity index (χ1) is 18.7. The zero-order valence-corrected chi connectivity index (χ0v) is 24.0. The van der Waals surface area contributed by atoms with Crippen LogP contribution < -0.4 is 0 Å². The molecular weight excluding hydrogens is 507 g/mol. The Morgan fingerprint density at radius 1 is 1.00 bits per heavy atom. The van der Waals surface area contributed by atoms with Gasteiger partial charge in [-0.15, -0.1) is 0 Å². The first-order valence-corrected chi connectivity index (χ1v) is 14.1. The number of aromatic nitrogens is 3. The lowest BCUT2D eigenvalue weighted by molar-refractivity contribution is 0.123. The molecule has 4 nitrogen and oxygen atoms in total. The fourth-order valence-corrected chi connectivity index (χ4v) is 6.40. The molecule has 6 rings (SSSR count). The molecule has 0 fully saturated rings. The van der Waals surface area contributed by atoms with Crippen LogP contribution in [-0.4, -0.2) is 19.7 Å². The minimum absolute atomic E-state index is 0.317. The summed E-state index contributed by atoms with van der Waals surface area (Å²) >= 11 is 6.46. The van der Waals surface area contributed by atoms with Crippen LogP contribution in [0.2, 0.25) is 5.02 Å². The number of rotatable bonds is 6. The van der Waals surface area contributed by atoms with Gasteiger partial charge in [-0.05, 0) is 74.1 Å². The number of benzene rings is 3. The van der Waals surface area contributed by atoms with Gasteiger partial charge in [-0.1, -0.05) is 61.8 Å². The number of nitrogens with one attached hydrogen (secondary N) is 1. The molecule has 6 heteroatoms. The third kappa shape index (κ3) is 4.11. The fraction of sp³-hybridized carbons (Fsp3) is 0.303. The first kappa shape index (κ1) is 25.8. The highest BCUT2D eigenvalue weighted by atomic mass is 35.5. The highest BCUT2D eigenvalue weighted by molar-refractivity contribution is 6.31. The highest BCUT2D eigenvalue weighted by Gasteiger charge is 2.43. The van der Waals surface area contributed by atoms with Crippen molar-refractivity contribution in [3.8, 4) is 16.9 Å². The monoisotopic (exact) mass is 540 g/mol. The van der Waals surface area contributed by atoms with E-state index in [0.717, 1.165) is 41.9 Å². The van der Waals surface area contributed by atoms with E-state index >= 15 is 0 Å². The Bertz CT molecular complexity index is 1690. The number of para-hydroxylation sites is 1. The summed E-state index contributed by atoms with van der Waals surface area (Å²) in [6.07, 6.45) is 3.88. The van der Waals surface area contributed by atoms with E-state index in [1.54, 1.807) is 6.07 Å². The quantitative estimate of drug-likeness (QED) is 0.234. The summed E-state index contributed by atoms with van der Waals surface area (Å²) in [5, 5.41) is 7.08. The van der Waals surface area contributed by atoms with Gasteiger partial charge < -0.3 is 4.98 Å². The van der Waals surface area contributed by atoms with Crippen molar-refractivity contribution in [1.29, 1.82) is 0 Å². The summed E-state index contributed by atoms with van der Waals surface area (Å²) in [5.74, 6) is -0.317. The molecule has 1 aliphatic heterocycles. The lowest BCUT2D eigenvalue weighted by Gasteiger charge is -2.32. The normalized spacial score (nSPS) is 14.8. The molecule has 0 bridgehead atoms. The van der Waals surface area contributed by atoms with Crippen LogP contribution in [0.5, 0.6) is 0 Å². The molecule has 0 radical (unpaired) electrons. The molecule has 0 aliphatic carbocycles. The fourth-order valence-electron chi connectivity index (χ4n) is 6.17. The lowest BCUT2D eigenvalue weighted by atomic mass is 9.96. The van der Waals surface area contributed by atoms with E-state index in [1.807, 2.05) is 6.20 Å². The minimum atomic E-state index is -0.345. The number of hydrogen-bond donors (Lipinski definition) is 1. The van der Waals surface area contributed by atoms with Crippen LogP contribution in [0.3, 0.4) is 0 Å². The zero-order chi connectivity index (χ0) is 27.5. The van der Waals surface area contributed by atoms with E-state index in [2.05, 4.69) is 85.6 Å². The molecule has 0 saturated carbocycles. The molecule has 0 amide bonds. The standard InChI is InChI=1S/C33H34ClFN4/c1-6-21-9-8-10-22(7-2)30(21)39-31(26-14-11-20(3)29-25(26)15-16-36-29)27-19-38(33(4,5)32(27)37-39)18-23-12-13-24(35)17-28(23)34/h8-17,36H,6-7,18-19H2,1-5H3. The van der Waals surface area contributed by atoms with Crippen LogP contribution in [0.4, 0.5) is 4.39 Å². The van der Waals surface area contributed by atoms with Gasteiger partial charge in [0.25, 0.3) is 0 Å². The molecule has 1 aliphatic rings. The average molecular weight is 541 g/mol. The van der Waals surface area contributed by atoms with Gasteiger partial charge in [0.15, 0.2) is 0 Å². The van der Waals surface area contributed by atoms with E-state index < -0.39 is 0 Å². The summed E-state index contributed by atoms with van der Waals surface area (Å²) in [7, 11) is 0. The topological polar surface area (TPSA) is 36.9 Å². The molecular formula is C33H34ClFN4. The molecule has 39 heavy (non-hydrogen) atoms. The Morgan fingerprint density at radius 2 is 1.74 bits per heavy atom. The van der Waals surface area contributed by atoms with Gasteiger partial charge in [0, 0.05) is 46.3 Å². The zero-order valence-electron chi connectivity index (χ0n) is 23.2. The second-order valence-electron chi connectivity index (χ2n) is 11.1. The molecule has 3 aromatic carbocycles. The third-order valence-corrected chi connectivity index (χ3v) is 8.79. The summed E-state index contributed by atoms with van der Waals surface area (Å²) < 4.78 is 16.0. The van der Waals surface area contributed by atoms with E-state index in [0.29, 0.717) is 11.6 Å². The molecule has 5 aromatic rings. The predicted octanol–water partition coefficient (Wildman–Crippen LogP) is 8.50. The molecule has 200 valence electrons. The largest absolute Gasteiger partial charge is 0.361 e. The number of aromatic amines is 1. The van der Waals surface area contributed by atoms with Gasteiger partial charge in [0.2, 0.25) is 0 Å². The third-order valence-electron chi connectivity index (χ3n) is 8.44. The Hall–Kier alpha value is -3.41. The Kier molecular flexibility index (Phi) is 6.40. The smallest absolute Gasteiger partial charge is 0.124 e. The summed E-state index contributed by atoms with van der Waals surface area (Å²) in [5.41, 5.74) is 11.4. The van der Waals surface area contributed by atoms with Crippen LogP contribution in [-0.2, 0) is 31.5 Å². The SMILES string of the molecule is CCc1cccc(CC)c1-n1nc2c(c1-c1ccc(C)c3[nH]ccc13)CN(Cc1ccc(F)cc1Cl)C2(C)C. The molecule has 0 atom stereocenters. The van der Waals surface area contributed by atoms with Gasteiger partial charge in [-0.25, -0.2) is 9.07 Å². The maximum Gasteiger partial charge on any atom is 0.124 e. The van der Waals surface area contributed by atoms with Crippen molar-refractivity contribution in [2.24, 2.45) is 0 Å². The van der Waals surface area contributed by atoms with E-state index in [4.69, 9.17) is 16.7 Å². The minimum Gasteiger partial charge on any atom is -0.361 e. The maximum atomic E-state index is 13.8. The van der Waals surface area contributed by atoms with E-state index in [9.17, 15) is 4.39 Å². The van der Waals surface area contributed by atoms with Crippen LogP contribution in [0, 0.1) is 12.7 Å². The molecule has 3 heterocycles. The highest BCUT2D eigenvalue weighted by Crippen LogP contribution is 2.46. The molecule has 0 spiro atoms. The van der Waals surface area contributed by atoms with Crippen molar-refractivity contribution < 1.29 is 4.39 Å². The summed E-state index contributed by atoms with van der Waals surface area (Å²) in [6.45, 7) is 12.4. The Labute approximate surface area is 234 Å². The van der Waals surface area contributed by atoms with Crippen LogP contribution in [0.1, 0.15) is 61.2 Å².